The lowest BCUT2D eigenvalue weighted by Crippen LogP contribution is -2.15. The third-order valence-corrected chi connectivity index (χ3v) is 3.49. The lowest BCUT2D eigenvalue weighted by atomic mass is 10.1. The van der Waals surface area contributed by atoms with E-state index < -0.39 is 17.6 Å². The summed E-state index contributed by atoms with van der Waals surface area (Å²) in [4.78, 5) is 16.2. The van der Waals surface area contributed by atoms with Gasteiger partial charge in [0.1, 0.15) is 12.7 Å². The summed E-state index contributed by atoms with van der Waals surface area (Å²) in [5.74, 6) is -0.650. The number of carbonyl (C=O) groups excluding carboxylic acids is 1. The molecule has 0 radical (unpaired) electrons. The Morgan fingerprint density at radius 3 is 2.65 bits per heavy atom. The fraction of sp³-hybridized carbons (Fsp3) is 0.0588. The van der Waals surface area contributed by atoms with Crippen LogP contribution in [0.2, 0.25) is 0 Å². The van der Waals surface area contributed by atoms with Gasteiger partial charge in [-0.15, -0.1) is 0 Å². The molecule has 0 aliphatic carbocycles. The minimum atomic E-state index is -4.57. The molecule has 1 aromatic heterocycles. The predicted molar refractivity (Wildman–Crippen MR) is 85.5 cm³/mol. The average molecular weight is 357 g/mol. The number of rotatable bonds is 3. The quantitative estimate of drug-likeness (QED) is 0.779. The van der Waals surface area contributed by atoms with Crippen molar-refractivity contribution in [2.75, 3.05) is 5.32 Å². The third-order valence-electron chi connectivity index (χ3n) is 3.49. The van der Waals surface area contributed by atoms with Crippen molar-refractivity contribution in [3.63, 3.8) is 0 Å². The van der Waals surface area contributed by atoms with Gasteiger partial charge < -0.3 is 5.32 Å². The van der Waals surface area contributed by atoms with Crippen molar-refractivity contribution in [2.24, 2.45) is 0 Å². The van der Waals surface area contributed by atoms with Crippen molar-refractivity contribution in [1.82, 2.24) is 14.8 Å². The Balaban J connectivity index is 2.01. The Morgan fingerprint density at radius 2 is 2.00 bits per heavy atom. The molecule has 26 heavy (non-hydrogen) atoms. The molecule has 1 heterocycles. The zero-order valence-electron chi connectivity index (χ0n) is 13.0. The highest BCUT2D eigenvalue weighted by molar-refractivity contribution is 6.05. The van der Waals surface area contributed by atoms with Crippen LogP contribution >= 0.6 is 0 Å². The summed E-state index contributed by atoms with van der Waals surface area (Å²) in [6, 6.07) is 10.6. The normalized spacial score (nSPS) is 11.0. The van der Waals surface area contributed by atoms with Gasteiger partial charge in [0.25, 0.3) is 5.91 Å². The number of alkyl halides is 3. The second-order valence-electron chi connectivity index (χ2n) is 5.22. The van der Waals surface area contributed by atoms with Crippen LogP contribution in [0.4, 0.5) is 18.9 Å². The number of nitrogens with one attached hydrogen (secondary N) is 1. The van der Waals surface area contributed by atoms with Crippen LogP contribution in [-0.4, -0.2) is 20.7 Å². The van der Waals surface area contributed by atoms with Gasteiger partial charge in [0.2, 0.25) is 0 Å². The molecule has 130 valence electrons. The second-order valence-corrected chi connectivity index (χ2v) is 5.22. The molecule has 6 nitrogen and oxygen atoms in total. The van der Waals surface area contributed by atoms with Crippen molar-refractivity contribution in [2.45, 2.75) is 6.18 Å². The summed E-state index contributed by atoms with van der Waals surface area (Å²) in [5.41, 5.74) is -0.371. The van der Waals surface area contributed by atoms with E-state index in [1.807, 2.05) is 6.07 Å². The average Bonchev–Trinajstić information content (AvgIpc) is 3.15. The van der Waals surface area contributed by atoms with Crippen LogP contribution in [0.5, 0.6) is 0 Å². The van der Waals surface area contributed by atoms with Gasteiger partial charge in [-0.1, -0.05) is 6.07 Å². The van der Waals surface area contributed by atoms with E-state index in [-0.39, 0.29) is 22.5 Å². The molecule has 0 saturated heterocycles. The number of carbonyl (C=O) groups is 1. The summed E-state index contributed by atoms with van der Waals surface area (Å²) < 4.78 is 40.3. The molecule has 0 aliphatic rings. The van der Waals surface area contributed by atoms with Crippen molar-refractivity contribution in [3.8, 4) is 11.8 Å². The van der Waals surface area contributed by atoms with Crippen LogP contribution in [0.15, 0.2) is 55.1 Å². The van der Waals surface area contributed by atoms with Crippen LogP contribution in [0.25, 0.3) is 5.69 Å². The van der Waals surface area contributed by atoms with Gasteiger partial charge in [0, 0.05) is 5.56 Å². The molecule has 3 rings (SSSR count). The number of aromatic nitrogens is 3. The fourth-order valence-corrected chi connectivity index (χ4v) is 2.27. The van der Waals surface area contributed by atoms with Gasteiger partial charge in [-0.05, 0) is 36.4 Å². The van der Waals surface area contributed by atoms with Crippen molar-refractivity contribution >= 4 is 11.6 Å². The molecule has 1 N–H and O–H groups in total. The highest BCUT2D eigenvalue weighted by Gasteiger charge is 2.31. The lowest BCUT2D eigenvalue weighted by molar-refractivity contribution is -0.137. The number of amides is 1. The monoisotopic (exact) mass is 357 g/mol. The number of nitriles is 1. The van der Waals surface area contributed by atoms with Gasteiger partial charge in [-0.3, -0.25) is 4.79 Å². The topological polar surface area (TPSA) is 83.6 Å². The second kappa shape index (κ2) is 6.68. The molecule has 2 aromatic carbocycles. The molecule has 1 amide bonds. The largest absolute Gasteiger partial charge is 0.416 e. The Hall–Kier alpha value is -3.67. The Labute approximate surface area is 145 Å². The van der Waals surface area contributed by atoms with E-state index in [0.29, 0.717) is 0 Å². The molecular formula is C17H10F3N5O. The Bertz CT molecular complexity index is 990. The van der Waals surface area contributed by atoms with E-state index in [1.54, 1.807) is 0 Å². The smallest absolute Gasteiger partial charge is 0.320 e. The summed E-state index contributed by atoms with van der Waals surface area (Å²) in [6.07, 6.45) is -2.05. The molecule has 3 aromatic rings. The van der Waals surface area contributed by atoms with Gasteiger partial charge >= 0.3 is 6.18 Å². The maximum atomic E-state index is 13.0. The first-order valence-electron chi connectivity index (χ1n) is 7.26. The van der Waals surface area contributed by atoms with Crippen molar-refractivity contribution < 1.29 is 18.0 Å². The molecular weight excluding hydrogens is 347 g/mol. The molecule has 0 saturated carbocycles. The molecule has 0 spiro atoms. The number of anilines is 1. The molecule has 0 bridgehead atoms. The van der Waals surface area contributed by atoms with E-state index in [0.717, 1.165) is 12.1 Å². The number of halogens is 3. The third kappa shape index (κ3) is 3.54. The molecule has 0 atom stereocenters. The molecule has 9 heteroatoms. The fourth-order valence-electron chi connectivity index (χ4n) is 2.27. The molecule has 0 unspecified atom stereocenters. The van der Waals surface area contributed by atoms with Gasteiger partial charge in [0.05, 0.1) is 28.6 Å². The van der Waals surface area contributed by atoms with Crippen LogP contribution in [-0.2, 0) is 6.18 Å². The summed E-state index contributed by atoms with van der Waals surface area (Å²) in [5, 5.41) is 15.2. The Kier molecular flexibility index (Phi) is 4.41. The van der Waals surface area contributed by atoms with Gasteiger partial charge in [0.15, 0.2) is 0 Å². The van der Waals surface area contributed by atoms with Crippen LogP contribution < -0.4 is 5.32 Å². The van der Waals surface area contributed by atoms with Crippen LogP contribution in [0.1, 0.15) is 21.5 Å². The Morgan fingerprint density at radius 1 is 1.19 bits per heavy atom. The zero-order chi connectivity index (χ0) is 18.7. The summed E-state index contributed by atoms with van der Waals surface area (Å²) >= 11 is 0. The minimum absolute atomic E-state index is 0.0855. The van der Waals surface area contributed by atoms with E-state index in [1.165, 1.54) is 47.7 Å². The SMILES string of the molecule is N#Cc1cccc(C(=O)Nc2cc(C(F)(F)F)ccc2-n2cncn2)c1. The highest BCUT2D eigenvalue weighted by Crippen LogP contribution is 2.33. The van der Waals surface area contributed by atoms with Gasteiger partial charge in [-0.2, -0.15) is 23.5 Å². The number of hydrogen-bond donors (Lipinski definition) is 1. The zero-order valence-corrected chi connectivity index (χ0v) is 13.0. The van der Waals surface area contributed by atoms with Crippen molar-refractivity contribution in [3.05, 3.63) is 71.8 Å². The first-order valence-corrected chi connectivity index (χ1v) is 7.26. The minimum Gasteiger partial charge on any atom is -0.320 e. The van der Waals surface area contributed by atoms with Crippen LogP contribution in [0, 0.1) is 11.3 Å². The first-order chi connectivity index (χ1) is 12.4. The highest BCUT2D eigenvalue weighted by atomic mass is 19.4. The maximum absolute atomic E-state index is 13.0. The van der Waals surface area contributed by atoms with E-state index in [2.05, 4.69) is 15.4 Å². The number of hydrogen-bond acceptors (Lipinski definition) is 4. The molecule has 0 fully saturated rings. The number of nitrogens with zero attached hydrogens (tertiary/aromatic N) is 4. The summed E-state index contributed by atoms with van der Waals surface area (Å²) in [6.45, 7) is 0. The summed E-state index contributed by atoms with van der Waals surface area (Å²) in [7, 11) is 0. The van der Waals surface area contributed by atoms with Crippen LogP contribution in [0.3, 0.4) is 0 Å². The van der Waals surface area contributed by atoms with Gasteiger partial charge in [-0.25, -0.2) is 9.67 Å². The lowest BCUT2D eigenvalue weighted by Gasteiger charge is -2.14. The maximum Gasteiger partial charge on any atom is 0.416 e. The standard InChI is InChI=1S/C17H10F3N5O/c18-17(19,20)13-4-5-15(25-10-22-9-23-25)14(7-13)24-16(26)12-3-1-2-11(6-12)8-21/h1-7,9-10H,(H,24,26). The van der Waals surface area contributed by atoms with E-state index >= 15 is 0 Å². The number of benzene rings is 2. The van der Waals surface area contributed by atoms with E-state index in [9.17, 15) is 18.0 Å². The molecule has 0 aliphatic heterocycles. The van der Waals surface area contributed by atoms with Crippen molar-refractivity contribution in [1.29, 1.82) is 5.26 Å². The van der Waals surface area contributed by atoms with E-state index in [4.69, 9.17) is 5.26 Å². The predicted octanol–water partition coefficient (Wildman–Crippen LogP) is 3.41. The first kappa shape index (κ1) is 17.2.